The number of halogens is 1. The molecule has 0 spiro atoms. The number of hydrogen-bond acceptors (Lipinski definition) is 3. The van der Waals surface area contributed by atoms with E-state index >= 15 is 0 Å². The minimum Gasteiger partial charge on any atom is -0.377 e. The van der Waals surface area contributed by atoms with Crippen LogP contribution >= 0.6 is 0 Å². The van der Waals surface area contributed by atoms with Gasteiger partial charge in [0.05, 0.1) is 19.3 Å². The Balaban J connectivity index is 2.04. The summed E-state index contributed by atoms with van der Waals surface area (Å²) in [7, 11) is 0. The zero-order valence-electron chi connectivity index (χ0n) is 15.1. The van der Waals surface area contributed by atoms with Crippen LogP contribution < -0.4 is 0 Å². The minimum absolute atomic E-state index is 0.00775. The predicted octanol–water partition coefficient (Wildman–Crippen LogP) is 3.81. The van der Waals surface area contributed by atoms with Gasteiger partial charge in [-0.05, 0) is 42.7 Å². The quantitative estimate of drug-likeness (QED) is 0.820. The molecule has 0 radical (unpaired) electrons. The van der Waals surface area contributed by atoms with E-state index in [1.54, 1.807) is 31.5 Å². The van der Waals surface area contributed by atoms with E-state index < -0.39 is 0 Å². The molecule has 0 saturated heterocycles. The topological polar surface area (TPSA) is 42.4 Å². The van der Waals surface area contributed by atoms with Crippen LogP contribution in [-0.2, 0) is 9.53 Å². The first-order chi connectivity index (χ1) is 12.6. The number of aryl methyl sites for hydroxylation is 1. The molecule has 3 rings (SSSR count). The summed E-state index contributed by atoms with van der Waals surface area (Å²) >= 11 is 0. The Kier molecular flexibility index (Phi) is 5.78. The van der Waals surface area contributed by atoms with Crippen LogP contribution in [0.5, 0.6) is 0 Å². The van der Waals surface area contributed by atoms with Crippen molar-refractivity contribution in [3.8, 4) is 0 Å². The molecule has 136 valence electrons. The van der Waals surface area contributed by atoms with Gasteiger partial charge in [-0.15, -0.1) is 0 Å². The number of pyridine rings is 1. The van der Waals surface area contributed by atoms with Crippen molar-refractivity contribution in [3.63, 3.8) is 0 Å². The normalized spacial score (nSPS) is 15.3. The molecule has 4 nitrogen and oxygen atoms in total. The van der Waals surface area contributed by atoms with E-state index in [0.717, 1.165) is 16.7 Å². The van der Waals surface area contributed by atoms with Crippen molar-refractivity contribution in [2.24, 2.45) is 0 Å². The molecule has 0 aliphatic carbocycles. The van der Waals surface area contributed by atoms with Crippen molar-refractivity contribution in [2.75, 3.05) is 19.8 Å². The standard InChI is InChI=1S/C21H23FN2O2/c1-3-24(21(25)16-8-11-26-12-9-16)20(18-5-4-10-23-14-18)17-6-7-19(22)15(2)13-17/h4-8,10,13-14,20H,3,9,11-12H2,1-2H3. The van der Waals surface area contributed by atoms with Gasteiger partial charge in [-0.3, -0.25) is 9.78 Å². The second-order valence-electron chi connectivity index (χ2n) is 6.34. The minimum atomic E-state index is -0.316. The van der Waals surface area contributed by atoms with E-state index in [2.05, 4.69) is 4.98 Å². The lowest BCUT2D eigenvalue weighted by Crippen LogP contribution is -2.37. The lowest BCUT2D eigenvalue weighted by atomic mass is 9.95. The van der Waals surface area contributed by atoms with Crippen LogP contribution in [0, 0.1) is 12.7 Å². The van der Waals surface area contributed by atoms with Crippen LogP contribution in [-0.4, -0.2) is 35.5 Å². The zero-order chi connectivity index (χ0) is 18.5. The fourth-order valence-corrected chi connectivity index (χ4v) is 3.28. The van der Waals surface area contributed by atoms with Crippen LogP contribution in [0.2, 0.25) is 0 Å². The maximum Gasteiger partial charge on any atom is 0.250 e. The van der Waals surface area contributed by atoms with Crippen molar-refractivity contribution in [2.45, 2.75) is 26.3 Å². The van der Waals surface area contributed by atoms with E-state index in [0.29, 0.717) is 31.7 Å². The van der Waals surface area contributed by atoms with Crippen molar-refractivity contribution in [3.05, 3.63) is 76.9 Å². The van der Waals surface area contributed by atoms with Crippen LogP contribution in [0.15, 0.2) is 54.4 Å². The molecule has 26 heavy (non-hydrogen) atoms. The third-order valence-electron chi connectivity index (χ3n) is 4.65. The summed E-state index contributed by atoms with van der Waals surface area (Å²) in [5, 5.41) is 0. The number of nitrogens with zero attached hydrogens (tertiary/aromatic N) is 2. The fourth-order valence-electron chi connectivity index (χ4n) is 3.28. The molecular weight excluding hydrogens is 331 g/mol. The molecule has 1 amide bonds. The first-order valence-electron chi connectivity index (χ1n) is 8.85. The number of likely N-dealkylation sites (N-methyl/N-ethyl adjacent to an activating group) is 1. The predicted molar refractivity (Wildman–Crippen MR) is 98.1 cm³/mol. The van der Waals surface area contributed by atoms with E-state index in [1.165, 1.54) is 6.07 Å². The molecule has 1 aliphatic heterocycles. The Morgan fingerprint density at radius 2 is 2.19 bits per heavy atom. The molecule has 5 heteroatoms. The lowest BCUT2D eigenvalue weighted by molar-refractivity contribution is -0.129. The molecule has 1 unspecified atom stereocenters. The number of rotatable bonds is 5. The highest BCUT2D eigenvalue weighted by Gasteiger charge is 2.28. The summed E-state index contributed by atoms with van der Waals surface area (Å²) < 4.78 is 19.1. The molecule has 2 aromatic rings. The van der Waals surface area contributed by atoms with E-state index in [-0.39, 0.29) is 17.8 Å². The maximum absolute atomic E-state index is 13.8. The number of carbonyl (C=O) groups is 1. The first kappa shape index (κ1) is 18.3. The van der Waals surface area contributed by atoms with Gasteiger partial charge in [0.1, 0.15) is 5.82 Å². The summed E-state index contributed by atoms with van der Waals surface area (Å²) in [6, 6.07) is 8.50. The fraction of sp³-hybridized carbons (Fsp3) is 0.333. The van der Waals surface area contributed by atoms with Crippen molar-refractivity contribution >= 4 is 5.91 Å². The molecule has 2 heterocycles. The highest BCUT2D eigenvalue weighted by molar-refractivity contribution is 5.94. The average Bonchev–Trinajstić information content (AvgIpc) is 2.69. The second-order valence-corrected chi connectivity index (χ2v) is 6.34. The number of aromatic nitrogens is 1. The highest BCUT2D eigenvalue weighted by Crippen LogP contribution is 2.31. The Bertz CT molecular complexity index is 805. The van der Waals surface area contributed by atoms with Crippen LogP contribution in [0.4, 0.5) is 4.39 Å². The Hall–Kier alpha value is -2.53. The molecule has 1 aliphatic rings. The summed E-state index contributed by atoms with van der Waals surface area (Å²) in [6.45, 7) is 5.25. The van der Waals surface area contributed by atoms with E-state index in [9.17, 15) is 9.18 Å². The number of carbonyl (C=O) groups excluding carboxylic acids is 1. The summed E-state index contributed by atoms with van der Waals surface area (Å²) in [4.78, 5) is 19.2. The summed E-state index contributed by atoms with van der Waals surface area (Å²) in [5.41, 5.74) is 3.11. The summed E-state index contributed by atoms with van der Waals surface area (Å²) in [6.07, 6.45) is 5.93. The third kappa shape index (κ3) is 3.83. The lowest BCUT2D eigenvalue weighted by Gasteiger charge is -2.33. The van der Waals surface area contributed by atoms with Gasteiger partial charge in [0.25, 0.3) is 0 Å². The number of ether oxygens (including phenoxy) is 1. The SMILES string of the molecule is CCN(C(=O)C1=CCOCC1)C(c1cccnc1)c1ccc(F)c(C)c1. The number of amides is 1. The van der Waals surface area contributed by atoms with Gasteiger partial charge in [0.2, 0.25) is 5.91 Å². The molecule has 1 aromatic heterocycles. The second kappa shape index (κ2) is 8.23. The van der Waals surface area contributed by atoms with Crippen molar-refractivity contribution in [1.82, 2.24) is 9.88 Å². The van der Waals surface area contributed by atoms with Crippen LogP contribution in [0.25, 0.3) is 0 Å². The number of benzene rings is 1. The number of hydrogen-bond donors (Lipinski definition) is 0. The molecule has 1 aromatic carbocycles. The van der Waals surface area contributed by atoms with Crippen LogP contribution in [0.1, 0.15) is 36.1 Å². The molecule has 0 bridgehead atoms. The highest BCUT2D eigenvalue weighted by atomic mass is 19.1. The van der Waals surface area contributed by atoms with Gasteiger partial charge in [-0.2, -0.15) is 0 Å². The van der Waals surface area contributed by atoms with Crippen molar-refractivity contribution in [1.29, 1.82) is 0 Å². The summed E-state index contributed by atoms with van der Waals surface area (Å²) in [5.74, 6) is -0.258. The first-order valence-corrected chi connectivity index (χ1v) is 8.85. The van der Waals surface area contributed by atoms with Crippen molar-refractivity contribution < 1.29 is 13.9 Å². The monoisotopic (exact) mass is 354 g/mol. The molecule has 0 saturated carbocycles. The van der Waals surface area contributed by atoms with Gasteiger partial charge < -0.3 is 9.64 Å². The molecule has 1 atom stereocenters. The third-order valence-corrected chi connectivity index (χ3v) is 4.65. The average molecular weight is 354 g/mol. The van der Waals surface area contributed by atoms with Crippen LogP contribution in [0.3, 0.4) is 0 Å². The van der Waals surface area contributed by atoms with Gasteiger partial charge in [-0.25, -0.2) is 4.39 Å². The largest absolute Gasteiger partial charge is 0.377 e. The Labute approximate surface area is 153 Å². The molecular formula is C21H23FN2O2. The van der Waals surface area contributed by atoms with E-state index in [4.69, 9.17) is 4.74 Å². The molecule has 0 fully saturated rings. The zero-order valence-corrected chi connectivity index (χ0v) is 15.1. The molecule has 0 N–H and O–H groups in total. The van der Waals surface area contributed by atoms with Gasteiger partial charge in [0.15, 0.2) is 0 Å². The smallest absolute Gasteiger partial charge is 0.250 e. The Morgan fingerprint density at radius 3 is 2.81 bits per heavy atom. The van der Waals surface area contributed by atoms with Gasteiger partial charge in [-0.1, -0.05) is 24.3 Å². The van der Waals surface area contributed by atoms with Gasteiger partial charge in [0, 0.05) is 30.9 Å². The maximum atomic E-state index is 13.8. The van der Waals surface area contributed by atoms with Gasteiger partial charge >= 0.3 is 0 Å². The van der Waals surface area contributed by atoms with E-state index in [1.807, 2.05) is 30.0 Å². The Morgan fingerprint density at radius 1 is 1.35 bits per heavy atom.